The van der Waals surface area contributed by atoms with E-state index in [0.717, 1.165) is 6.42 Å². The first-order valence-electron chi connectivity index (χ1n) is 6.17. The summed E-state index contributed by atoms with van der Waals surface area (Å²) in [5.74, 6) is -0.933. The fourth-order valence-corrected chi connectivity index (χ4v) is 2.43. The molecule has 18 heavy (non-hydrogen) atoms. The van der Waals surface area contributed by atoms with Crippen LogP contribution in [0, 0.1) is 11.8 Å². The molecule has 0 aromatic carbocycles. The minimum atomic E-state index is -0.401. The average Bonchev–Trinajstić information content (AvgIpc) is 2.83. The van der Waals surface area contributed by atoms with Crippen LogP contribution in [-0.4, -0.2) is 42.0 Å². The van der Waals surface area contributed by atoms with Crippen LogP contribution in [0.2, 0.25) is 0 Å². The van der Waals surface area contributed by atoms with Gasteiger partial charge >= 0.3 is 5.97 Å². The maximum Gasteiger partial charge on any atom is 0.310 e. The number of carbonyl (C=O) groups excluding carboxylic acids is 2. The largest absolute Gasteiger partial charge is 0.469 e. The standard InChI is InChI=1S/C12H20N2O3S/c1-3-4-9(10(13)18)11(15)14-6-5-8(7-14)12(16)17-2/h8-9H,3-7H2,1-2H3,(H2,13,18). The fraction of sp³-hybridized carbons (Fsp3) is 0.750. The molecule has 0 aromatic rings. The fourth-order valence-electron chi connectivity index (χ4n) is 2.22. The summed E-state index contributed by atoms with van der Waals surface area (Å²) in [7, 11) is 1.36. The van der Waals surface area contributed by atoms with E-state index in [1.807, 2.05) is 6.92 Å². The third-order valence-electron chi connectivity index (χ3n) is 3.25. The molecule has 1 aliphatic rings. The van der Waals surface area contributed by atoms with Crippen molar-refractivity contribution in [3.8, 4) is 0 Å². The van der Waals surface area contributed by atoms with E-state index in [0.29, 0.717) is 25.9 Å². The second-order valence-corrected chi connectivity index (χ2v) is 5.01. The molecule has 1 aliphatic heterocycles. The van der Waals surface area contributed by atoms with E-state index in [9.17, 15) is 9.59 Å². The van der Waals surface area contributed by atoms with Crippen LogP contribution in [0.25, 0.3) is 0 Å². The molecule has 1 saturated heterocycles. The molecule has 1 fully saturated rings. The van der Waals surface area contributed by atoms with E-state index in [1.54, 1.807) is 4.90 Å². The lowest BCUT2D eigenvalue weighted by molar-refractivity contribution is -0.145. The van der Waals surface area contributed by atoms with Crippen LogP contribution in [-0.2, 0) is 14.3 Å². The molecule has 0 bridgehead atoms. The number of rotatable bonds is 5. The van der Waals surface area contributed by atoms with E-state index in [4.69, 9.17) is 22.7 Å². The van der Waals surface area contributed by atoms with Crippen molar-refractivity contribution in [2.45, 2.75) is 26.2 Å². The highest BCUT2D eigenvalue weighted by Crippen LogP contribution is 2.21. The summed E-state index contributed by atoms with van der Waals surface area (Å²) in [5, 5.41) is 0. The minimum absolute atomic E-state index is 0.0595. The average molecular weight is 272 g/mol. The van der Waals surface area contributed by atoms with Crippen LogP contribution in [0.4, 0.5) is 0 Å². The van der Waals surface area contributed by atoms with Crippen molar-refractivity contribution in [2.75, 3.05) is 20.2 Å². The van der Waals surface area contributed by atoms with Gasteiger partial charge in [0.2, 0.25) is 5.91 Å². The number of esters is 1. The Kier molecular flexibility index (Phi) is 5.53. The second kappa shape index (κ2) is 6.68. The Morgan fingerprint density at radius 2 is 2.22 bits per heavy atom. The molecule has 2 unspecified atom stereocenters. The number of ether oxygens (including phenoxy) is 1. The third-order valence-corrected chi connectivity index (χ3v) is 3.54. The number of nitrogens with two attached hydrogens (primary N) is 1. The summed E-state index contributed by atoms with van der Waals surface area (Å²) in [4.78, 5) is 25.5. The molecule has 1 amide bonds. The lowest BCUT2D eigenvalue weighted by Crippen LogP contribution is -2.40. The van der Waals surface area contributed by atoms with E-state index in [2.05, 4.69) is 0 Å². The Labute approximate surface area is 113 Å². The number of hydrogen-bond donors (Lipinski definition) is 1. The minimum Gasteiger partial charge on any atom is -0.469 e. The number of methoxy groups -OCH3 is 1. The number of thiocarbonyl (C=S) groups is 1. The quantitative estimate of drug-likeness (QED) is 0.589. The zero-order valence-corrected chi connectivity index (χ0v) is 11.7. The van der Waals surface area contributed by atoms with E-state index in [-0.39, 0.29) is 22.8 Å². The predicted octanol–water partition coefficient (Wildman–Crippen LogP) is 0.710. The molecular weight excluding hydrogens is 252 g/mol. The van der Waals surface area contributed by atoms with Gasteiger partial charge in [-0.3, -0.25) is 9.59 Å². The van der Waals surface area contributed by atoms with Gasteiger partial charge in [-0.25, -0.2) is 0 Å². The summed E-state index contributed by atoms with van der Waals surface area (Å²) in [6.07, 6.45) is 2.16. The lowest BCUT2D eigenvalue weighted by Gasteiger charge is -2.22. The van der Waals surface area contributed by atoms with Crippen LogP contribution < -0.4 is 5.73 Å². The Morgan fingerprint density at radius 1 is 1.56 bits per heavy atom. The molecule has 0 aromatic heterocycles. The predicted molar refractivity (Wildman–Crippen MR) is 71.9 cm³/mol. The van der Waals surface area contributed by atoms with Gasteiger partial charge in [-0.05, 0) is 12.8 Å². The molecule has 1 rings (SSSR count). The third kappa shape index (κ3) is 3.41. The van der Waals surface area contributed by atoms with Crippen molar-refractivity contribution in [2.24, 2.45) is 17.6 Å². The summed E-state index contributed by atoms with van der Waals surface area (Å²) in [6, 6.07) is 0. The molecule has 1 heterocycles. The summed E-state index contributed by atoms with van der Waals surface area (Å²) < 4.78 is 4.69. The number of amides is 1. The van der Waals surface area contributed by atoms with Crippen molar-refractivity contribution in [1.82, 2.24) is 4.90 Å². The normalized spacial score (nSPS) is 20.6. The van der Waals surface area contributed by atoms with Crippen molar-refractivity contribution in [3.63, 3.8) is 0 Å². The topological polar surface area (TPSA) is 72.6 Å². The molecule has 102 valence electrons. The van der Waals surface area contributed by atoms with Gasteiger partial charge in [0.1, 0.15) is 0 Å². The molecule has 5 nitrogen and oxygen atoms in total. The van der Waals surface area contributed by atoms with Gasteiger partial charge in [0.05, 0.1) is 23.9 Å². The Morgan fingerprint density at radius 3 is 2.72 bits per heavy atom. The maximum atomic E-state index is 12.2. The zero-order valence-electron chi connectivity index (χ0n) is 10.8. The monoisotopic (exact) mass is 272 g/mol. The lowest BCUT2D eigenvalue weighted by atomic mass is 10.0. The van der Waals surface area contributed by atoms with Gasteiger partial charge in [-0.15, -0.1) is 0 Å². The van der Waals surface area contributed by atoms with E-state index >= 15 is 0 Å². The van der Waals surface area contributed by atoms with Crippen molar-refractivity contribution in [3.05, 3.63) is 0 Å². The van der Waals surface area contributed by atoms with E-state index in [1.165, 1.54) is 7.11 Å². The van der Waals surface area contributed by atoms with Gasteiger partial charge in [0, 0.05) is 13.1 Å². The summed E-state index contributed by atoms with van der Waals surface area (Å²) in [6.45, 7) is 2.97. The van der Waals surface area contributed by atoms with Crippen molar-refractivity contribution in [1.29, 1.82) is 0 Å². The summed E-state index contributed by atoms with van der Waals surface area (Å²) in [5.41, 5.74) is 5.60. The first-order chi connectivity index (χ1) is 8.51. The molecule has 0 aliphatic carbocycles. The number of nitrogens with zero attached hydrogens (tertiary/aromatic N) is 1. The molecule has 0 saturated carbocycles. The Balaban J connectivity index is 2.63. The van der Waals surface area contributed by atoms with Gasteiger partial charge in [-0.2, -0.15) is 0 Å². The van der Waals surface area contributed by atoms with Crippen molar-refractivity contribution >= 4 is 29.1 Å². The van der Waals surface area contributed by atoms with Crippen LogP contribution in [0.1, 0.15) is 26.2 Å². The molecule has 6 heteroatoms. The van der Waals surface area contributed by atoms with Crippen molar-refractivity contribution < 1.29 is 14.3 Å². The molecular formula is C12H20N2O3S. The second-order valence-electron chi connectivity index (χ2n) is 4.54. The first-order valence-corrected chi connectivity index (χ1v) is 6.58. The smallest absolute Gasteiger partial charge is 0.310 e. The highest BCUT2D eigenvalue weighted by molar-refractivity contribution is 7.80. The maximum absolute atomic E-state index is 12.2. The number of hydrogen-bond acceptors (Lipinski definition) is 4. The van der Waals surface area contributed by atoms with Gasteiger partial charge in [-0.1, -0.05) is 25.6 Å². The highest BCUT2D eigenvalue weighted by atomic mass is 32.1. The van der Waals surface area contributed by atoms with Gasteiger partial charge in [0.15, 0.2) is 0 Å². The Bertz CT molecular complexity index is 346. The van der Waals surface area contributed by atoms with Crippen LogP contribution in [0.3, 0.4) is 0 Å². The summed E-state index contributed by atoms with van der Waals surface area (Å²) >= 11 is 4.94. The van der Waals surface area contributed by atoms with Gasteiger partial charge in [0.25, 0.3) is 0 Å². The highest BCUT2D eigenvalue weighted by Gasteiger charge is 2.35. The van der Waals surface area contributed by atoms with E-state index < -0.39 is 5.92 Å². The number of likely N-dealkylation sites (tertiary alicyclic amines) is 1. The number of carbonyl (C=O) groups is 2. The molecule has 0 radical (unpaired) electrons. The van der Waals surface area contributed by atoms with Crippen LogP contribution in [0.5, 0.6) is 0 Å². The van der Waals surface area contributed by atoms with Gasteiger partial charge < -0.3 is 15.4 Å². The zero-order chi connectivity index (χ0) is 13.7. The molecule has 0 spiro atoms. The van der Waals surface area contributed by atoms with Crippen LogP contribution >= 0.6 is 12.2 Å². The Hall–Kier alpha value is -1.17. The first kappa shape index (κ1) is 14.9. The molecule has 2 atom stereocenters. The van der Waals surface area contributed by atoms with Crippen LogP contribution in [0.15, 0.2) is 0 Å². The SMILES string of the molecule is CCCC(C(=O)N1CCC(C(=O)OC)C1)C(N)=S. The molecule has 2 N–H and O–H groups in total.